The van der Waals surface area contributed by atoms with Gasteiger partial charge in [0, 0.05) is 6.61 Å². The smallest absolute Gasteiger partial charge is 0.0465 e. The minimum Gasteiger partial charge on any atom is -0.396 e. The first-order valence-electron chi connectivity index (χ1n) is 4.93. The van der Waals surface area contributed by atoms with Crippen molar-refractivity contribution in [3.05, 3.63) is 41.5 Å². The fourth-order valence-electron chi connectivity index (χ4n) is 1.26. The van der Waals surface area contributed by atoms with E-state index in [1.807, 2.05) is 12.2 Å². The maximum atomic E-state index is 8.59. The molecule has 2 heteroatoms. The van der Waals surface area contributed by atoms with Gasteiger partial charge in [-0.3, -0.25) is 0 Å². The Hall–Kier alpha value is -1.12. The normalized spacial score (nSPS) is 11.0. The van der Waals surface area contributed by atoms with E-state index >= 15 is 0 Å². The van der Waals surface area contributed by atoms with Crippen LogP contribution in [0.5, 0.6) is 0 Å². The van der Waals surface area contributed by atoms with Crippen LogP contribution in [0.3, 0.4) is 0 Å². The lowest BCUT2D eigenvalue weighted by atomic mass is 10.1. The first kappa shape index (κ1) is 11.0. The Bertz CT molecular complexity index is 277. The molecular weight excluding hydrogens is 174 g/mol. The van der Waals surface area contributed by atoms with Crippen LogP contribution in [0.25, 0.3) is 6.08 Å². The van der Waals surface area contributed by atoms with Gasteiger partial charge < -0.3 is 10.8 Å². The van der Waals surface area contributed by atoms with Crippen molar-refractivity contribution in [2.75, 3.05) is 13.2 Å². The fourth-order valence-corrected chi connectivity index (χ4v) is 1.26. The highest BCUT2D eigenvalue weighted by molar-refractivity contribution is 5.49. The fraction of sp³-hybridized carbons (Fsp3) is 0.333. The van der Waals surface area contributed by atoms with Crippen LogP contribution >= 0.6 is 0 Å². The van der Waals surface area contributed by atoms with E-state index in [-0.39, 0.29) is 6.61 Å². The number of hydrogen-bond donors (Lipinski definition) is 2. The van der Waals surface area contributed by atoms with Crippen LogP contribution in [0.2, 0.25) is 0 Å². The minimum atomic E-state index is 0.210. The van der Waals surface area contributed by atoms with Crippen LogP contribution < -0.4 is 5.73 Å². The molecule has 0 heterocycles. The van der Waals surface area contributed by atoms with Gasteiger partial charge in [0.15, 0.2) is 0 Å². The van der Waals surface area contributed by atoms with Gasteiger partial charge in [0.2, 0.25) is 0 Å². The highest BCUT2D eigenvalue weighted by Gasteiger charge is 1.90. The van der Waals surface area contributed by atoms with Gasteiger partial charge in [-0.25, -0.2) is 0 Å². The van der Waals surface area contributed by atoms with Gasteiger partial charge in [-0.2, -0.15) is 0 Å². The van der Waals surface area contributed by atoms with Crippen molar-refractivity contribution < 1.29 is 5.11 Å². The molecule has 14 heavy (non-hydrogen) atoms. The van der Waals surface area contributed by atoms with Crippen LogP contribution in [0.4, 0.5) is 0 Å². The third kappa shape index (κ3) is 3.73. The predicted molar refractivity (Wildman–Crippen MR) is 59.9 cm³/mol. The molecule has 0 atom stereocenters. The second kappa shape index (κ2) is 6.35. The zero-order valence-electron chi connectivity index (χ0n) is 8.32. The molecular formula is C12H17NO. The Balaban J connectivity index is 2.54. The van der Waals surface area contributed by atoms with Gasteiger partial charge in [0.1, 0.15) is 0 Å². The lowest BCUT2D eigenvalue weighted by Crippen LogP contribution is -2.02. The summed E-state index contributed by atoms with van der Waals surface area (Å²) in [7, 11) is 0. The quantitative estimate of drug-likeness (QED) is 0.742. The number of benzene rings is 1. The summed E-state index contributed by atoms with van der Waals surface area (Å²) >= 11 is 0. The number of rotatable bonds is 5. The van der Waals surface area contributed by atoms with Crippen LogP contribution in [0, 0.1) is 0 Å². The van der Waals surface area contributed by atoms with E-state index in [0.29, 0.717) is 13.0 Å². The second-order valence-corrected chi connectivity index (χ2v) is 3.19. The Morgan fingerprint density at radius 2 is 1.93 bits per heavy atom. The third-order valence-electron chi connectivity index (χ3n) is 2.02. The molecule has 0 saturated carbocycles. The highest BCUT2D eigenvalue weighted by Crippen LogP contribution is 2.06. The van der Waals surface area contributed by atoms with Crippen molar-refractivity contribution in [2.45, 2.75) is 12.8 Å². The Morgan fingerprint density at radius 3 is 2.50 bits per heavy atom. The van der Waals surface area contributed by atoms with Crippen molar-refractivity contribution in [1.82, 2.24) is 0 Å². The molecule has 0 radical (unpaired) electrons. The molecule has 0 unspecified atom stereocenters. The van der Waals surface area contributed by atoms with Crippen LogP contribution in [0.1, 0.15) is 17.5 Å². The summed E-state index contributed by atoms with van der Waals surface area (Å²) in [4.78, 5) is 0. The molecule has 2 nitrogen and oxygen atoms in total. The summed E-state index contributed by atoms with van der Waals surface area (Å²) in [6.07, 6.45) is 5.63. The molecule has 0 amide bonds. The second-order valence-electron chi connectivity index (χ2n) is 3.19. The van der Waals surface area contributed by atoms with Crippen LogP contribution in [-0.4, -0.2) is 18.3 Å². The molecule has 1 aromatic rings. The topological polar surface area (TPSA) is 46.2 Å². The van der Waals surface area contributed by atoms with E-state index in [9.17, 15) is 0 Å². The van der Waals surface area contributed by atoms with E-state index < -0.39 is 0 Å². The monoisotopic (exact) mass is 191 g/mol. The van der Waals surface area contributed by atoms with Gasteiger partial charge >= 0.3 is 0 Å². The largest absolute Gasteiger partial charge is 0.396 e. The van der Waals surface area contributed by atoms with Gasteiger partial charge in [-0.05, 0) is 30.5 Å². The summed E-state index contributed by atoms with van der Waals surface area (Å²) in [5, 5.41) is 8.59. The lowest BCUT2D eigenvalue weighted by molar-refractivity contribution is 0.303. The van der Waals surface area contributed by atoms with Crippen LogP contribution in [0.15, 0.2) is 30.3 Å². The van der Waals surface area contributed by atoms with Crippen molar-refractivity contribution in [3.8, 4) is 0 Å². The number of nitrogens with two attached hydrogens (primary N) is 1. The molecule has 0 bridgehead atoms. The van der Waals surface area contributed by atoms with Crippen molar-refractivity contribution in [2.24, 2.45) is 5.73 Å². The van der Waals surface area contributed by atoms with Crippen LogP contribution in [-0.2, 0) is 6.42 Å². The molecule has 0 aliphatic heterocycles. The molecule has 3 N–H and O–H groups in total. The summed E-state index contributed by atoms with van der Waals surface area (Å²) in [6, 6.07) is 8.31. The van der Waals surface area contributed by atoms with E-state index in [1.165, 1.54) is 11.1 Å². The SMILES string of the molecule is NCCc1ccc(C=CCCO)cc1. The number of hydrogen-bond acceptors (Lipinski definition) is 2. The maximum Gasteiger partial charge on any atom is 0.0465 e. The average Bonchev–Trinajstić information content (AvgIpc) is 2.21. The molecule has 1 aromatic carbocycles. The molecule has 0 aliphatic rings. The highest BCUT2D eigenvalue weighted by atomic mass is 16.2. The zero-order chi connectivity index (χ0) is 10.2. The summed E-state index contributed by atoms with van der Waals surface area (Å²) in [6.45, 7) is 0.904. The van der Waals surface area contributed by atoms with E-state index in [2.05, 4.69) is 24.3 Å². The summed E-state index contributed by atoms with van der Waals surface area (Å²) < 4.78 is 0. The molecule has 1 rings (SSSR count). The lowest BCUT2D eigenvalue weighted by Gasteiger charge is -1.98. The molecule has 0 aromatic heterocycles. The van der Waals surface area contributed by atoms with Crippen molar-refractivity contribution in [1.29, 1.82) is 0 Å². The zero-order valence-corrected chi connectivity index (χ0v) is 8.32. The summed E-state index contributed by atoms with van der Waals surface area (Å²) in [5.41, 5.74) is 7.89. The Kier molecular flexibility index (Phi) is 4.97. The van der Waals surface area contributed by atoms with Crippen molar-refractivity contribution >= 4 is 6.08 Å². The number of aliphatic hydroxyl groups is 1. The third-order valence-corrected chi connectivity index (χ3v) is 2.02. The maximum absolute atomic E-state index is 8.59. The van der Waals surface area contributed by atoms with E-state index in [0.717, 1.165) is 6.42 Å². The summed E-state index contributed by atoms with van der Waals surface area (Å²) in [5.74, 6) is 0. The molecule has 0 spiro atoms. The average molecular weight is 191 g/mol. The van der Waals surface area contributed by atoms with Gasteiger partial charge in [-0.1, -0.05) is 36.4 Å². The molecule has 0 aliphatic carbocycles. The molecule has 76 valence electrons. The first-order chi connectivity index (χ1) is 6.86. The van der Waals surface area contributed by atoms with Crippen molar-refractivity contribution in [3.63, 3.8) is 0 Å². The number of aliphatic hydroxyl groups excluding tert-OH is 1. The van der Waals surface area contributed by atoms with Gasteiger partial charge in [0.25, 0.3) is 0 Å². The van der Waals surface area contributed by atoms with Gasteiger partial charge in [0.05, 0.1) is 0 Å². The predicted octanol–water partition coefficient (Wildman–Crippen LogP) is 1.58. The standard InChI is InChI=1S/C12H17NO/c13-9-8-12-6-4-11(5-7-12)3-1-2-10-14/h1,3-7,14H,2,8-10,13H2. The Labute approximate surface area is 85.1 Å². The van der Waals surface area contributed by atoms with E-state index in [1.54, 1.807) is 0 Å². The minimum absolute atomic E-state index is 0.210. The molecule has 0 saturated heterocycles. The molecule has 0 fully saturated rings. The first-order valence-corrected chi connectivity index (χ1v) is 4.93. The van der Waals surface area contributed by atoms with Gasteiger partial charge in [-0.15, -0.1) is 0 Å². The van der Waals surface area contributed by atoms with E-state index in [4.69, 9.17) is 10.8 Å². The Morgan fingerprint density at radius 1 is 1.21 bits per heavy atom.